The zero-order valence-corrected chi connectivity index (χ0v) is 9.44. The summed E-state index contributed by atoms with van der Waals surface area (Å²) in [6.07, 6.45) is -0.596. The maximum absolute atomic E-state index is 11.8. The monoisotopic (exact) mass is 226 g/mol. The number of aliphatic hydroxyl groups is 1. The quantitative estimate of drug-likeness (QED) is 0.768. The van der Waals surface area contributed by atoms with Gasteiger partial charge in [-0.15, -0.1) is 0 Å². The molecule has 0 radical (unpaired) electrons. The van der Waals surface area contributed by atoms with Gasteiger partial charge < -0.3 is 19.0 Å². The molecule has 0 aromatic carbocycles. The number of methoxy groups -OCH3 is 1. The van der Waals surface area contributed by atoms with Crippen LogP contribution >= 0.6 is 0 Å². The summed E-state index contributed by atoms with van der Waals surface area (Å²) in [5.41, 5.74) is 0.856. The highest BCUT2D eigenvalue weighted by molar-refractivity contribution is 5.31. The molecule has 1 N–H and O–H groups in total. The Labute approximate surface area is 92.6 Å². The normalized spacial score (nSPS) is 23.2. The van der Waals surface area contributed by atoms with Crippen LogP contribution in [0.2, 0.25) is 0 Å². The fourth-order valence-electron chi connectivity index (χ4n) is 1.72. The van der Waals surface area contributed by atoms with Crippen LogP contribution in [0.3, 0.4) is 0 Å². The van der Waals surface area contributed by atoms with Gasteiger partial charge in [0.25, 0.3) is 5.95 Å². The van der Waals surface area contributed by atoms with E-state index < -0.39 is 0 Å². The highest BCUT2D eigenvalue weighted by Gasteiger charge is 2.43. The van der Waals surface area contributed by atoms with E-state index in [1.54, 1.807) is 13.8 Å². The van der Waals surface area contributed by atoms with Crippen molar-refractivity contribution in [3.63, 3.8) is 0 Å². The Morgan fingerprint density at radius 2 is 2.06 bits per heavy atom. The standard InChI is InChI=1S/C11H14O5/c1-5-8(13)6(2)11(14-3)16-9(5)10-7(4-12)15-10/h7,10,12H,4H2,1-3H3/t7-,10+/m0/s1. The lowest BCUT2D eigenvalue weighted by molar-refractivity contribution is 0.238. The number of hydrogen-bond donors (Lipinski definition) is 1. The number of hydrogen-bond acceptors (Lipinski definition) is 5. The Bertz CT molecular complexity index is 462. The number of rotatable bonds is 3. The minimum atomic E-state index is -0.327. The second-order valence-electron chi connectivity index (χ2n) is 3.81. The third-order valence-electron chi connectivity index (χ3n) is 2.77. The Morgan fingerprint density at radius 1 is 1.38 bits per heavy atom. The highest BCUT2D eigenvalue weighted by atomic mass is 16.6. The van der Waals surface area contributed by atoms with Gasteiger partial charge in [-0.05, 0) is 13.8 Å². The van der Waals surface area contributed by atoms with Crippen molar-refractivity contribution in [1.82, 2.24) is 0 Å². The zero-order chi connectivity index (χ0) is 11.9. The first-order valence-electron chi connectivity index (χ1n) is 5.04. The number of epoxide rings is 1. The van der Waals surface area contributed by atoms with Gasteiger partial charge in [-0.3, -0.25) is 4.79 Å². The molecule has 2 atom stereocenters. The molecule has 0 saturated carbocycles. The Balaban J connectivity index is 2.47. The molecular formula is C11H14O5. The molecule has 1 aromatic heterocycles. The molecule has 1 saturated heterocycles. The van der Waals surface area contributed by atoms with Crippen molar-refractivity contribution in [2.75, 3.05) is 13.7 Å². The molecule has 88 valence electrons. The van der Waals surface area contributed by atoms with Gasteiger partial charge in [-0.1, -0.05) is 0 Å². The summed E-state index contributed by atoms with van der Waals surface area (Å²) in [5.74, 6) is 0.657. The van der Waals surface area contributed by atoms with Crippen LogP contribution in [0, 0.1) is 13.8 Å². The topological polar surface area (TPSA) is 72.2 Å². The maximum atomic E-state index is 11.8. The number of aliphatic hydroxyl groups excluding tert-OH is 1. The maximum Gasteiger partial charge on any atom is 0.291 e. The first-order chi connectivity index (χ1) is 7.60. The predicted molar refractivity (Wildman–Crippen MR) is 55.7 cm³/mol. The summed E-state index contributed by atoms with van der Waals surface area (Å²) in [7, 11) is 1.45. The van der Waals surface area contributed by atoms with E-state index in [-0.39, 0.29) is 30.2 Å². The van der Waals surface area contributed by atoms with Crippen molar-refractivity contribution in [2.45, 2.75) is 26.1 Å². The summed E-state index contributed by atoms with van der Waals surface area (Å²) >= 11 is 0. The minimum Gasteiger partial charge on any atom is -0.468 e. The molecule has 1 aliphatic heterocycles. The van der Waals surface area contributed by atoms with E-state index in [1.165, 1.54) is 7.11 Å². The first kappa shape index (κ1) is 11.2. The summed E-state index contributed by atoms with van der Waals surface area (Å²) in [5, 5.41) is 8.90. The number of ether oxygens (including phenoxy) is 2. The van der Waals surface area contributed by atoms with Gasteiger partial charge in [-0.2, -0.15) is 0 Å². The lowest BCUT2D eigenvalue weighted by Crippen LogP contribution is -2.13. The van der Waals surface area contributed by atoms with Gasteiger partial charge in [-0.25, -0.2) is 0 Å². The molecule has 0 bridgehead atoms. The van der Waals surface area contributed by atoms with Gasteiger partial charge in [0.15, 0.2) is 5.43 Å². The van der Waals surface area contributed by atoms with Crippen LogP contribution < -0.4 is 10.2 Å². The van der Waals surface area contributed by atoms with Crippen LogP contribution in [0.1, 0.15) is 23.0 Å². The summed E-state index contributed by atoms with van der Waals surface area (Å²) in [6, 6.07) is 0. The van der Waals surface area contributed by atoms with Crippen molar-refractivity contribution in [3.05, 3.63) is 27.1 Å². The SMILES string of the molecule is COc1oc([C@@H]2O[C@H]2CO)c(C)c(=O)c1C. The van der Waals surface area contributed by atoms with E-state index >= 15 is 0 Å². The van der Waals surface area contributed by atoms with Gasteiger partial charge >= 0.3 is 0 Å². The second-order valence-corrected chi connectivity index (χ2v) is 3.81. The van der Waals surface area contributed by atoms with E-state index in [1.807, 2.05) is 0 Å². The molecule has 16 heavy (non-hydrogen) atoms. The molecule has 0 amide bonds. The van der Waals surface area contributed by atoms with Crippen molar-refractivity contribution >= 4 is 0 Å². The van der Waals surface area contributed by atoms with Crippen molar-refractivity contribution in [3.8, 4) is 5.95 Å². The van der Waals surface area contributed by atoms with Gasteiger partial charge in [0, 0.05) is 5.56 Å². The van der Waals surface area contributed by atoms with E-state index in [4.69, 9.17) is 19.0 Å². The van der Waals surface area contributed by atoms with Crippen LogP contribution in [0.15, 0.2) is 9.21 Å². The van der Waals surface area contributed by atoms with Crippen LogP contribution in [-0.4, -0.2) is 24.9 Å². The largest absolute Gasteiger partial charge is 0.468 e. The van der Waals surface area contributed by atoms with Crippen molar-refractivity contribution < 1.29 is 19.0 Å². The van der Waals surface area contributed by atoms with E-state index in [9.17, 15) is 4.79 Å². The van der Waals surface area contributed by atoms with Crippen LogP contribution in [0.5, 0.6) is 5.95 Å². The van der Waals surface area contributed by atoms with Gasteiger partial charge in [0.05, 0.1) is 19.3 Å². The molecule has 2 rings (SSSR count). The van der Waals surface area contributed by atoms with E-state index in [0.29, 0.717) is 16.9 Å². The molecule has 0 unspecified atom stereocenters. The lowest BCUT2D eigenvalue weighted by Gasteiger charge is -2.07. The Kier molecular flexibility index (Phi) is 2.73. The molecule has 5 heteroatoms. The van der Waals surface area contributed by atoms with E-state index in [0.717, 1.165) is 0 Å². The molecule has 1 aromatic rings. The highest BCUT2D eigenvalue weighted by Crippen LogP contribution is 2.40. The fraction of sp³-hybridized carbons (Fsp3) is 0.545. The summed E-state index contributed by atoms with van der Waals surface area (Å²) < 4.78 is 15.6. The van der Waals surface area contributed by atoms with Gasteiger partial charge in [0.1, 0.15) is 18.0 Å². The van der Waals surface area contributed by atoms with Crippen LogP contribution in [-0.2, 0) is 4.74 Å². The third kappa shape index (κ3) is 1.62. The molecule has 1 fully saturated rings. The lowest BCUT2D eigenvalue weighted by atomic mass is 10.1. The summed E-state index contributed by atoms with van der Waals surface area (Å²) in [4.78, 5) is 11.8. The molecule has 0 spiro atoms. The molecule has 2 heterocycles. The molecule has 5 nitrogen and oxygen atoms in total. The summed E-state index contributed by atoms with van der Waals surface area (Å²) in [6.45, 7) is 3.26. The average molecular weight is 226 g/mol. The Morgan fingerprint density at radius 3 is 2.56 bits per heavy atom. The predicted octanol–water partition coefficient (Wildman–Crippen LogP) is 0.697. The first-order valence-corrected chi connectivity index (χ1v) is 5.04. The Hall–Kier alpha value is -1.33. The minimum absolute atomic E-state index is 0.0794. The van der Waals surface area contributed by atoms with Crippen molar-refractivity contribution in [2.24, 2.45) is 0 Å². The third-order valence-corrected chi connectivity index (χ3v) is 2.77. The fourth-order valence-corrected chi connectivity index (χ4v) is 1.72. The van der Waals surface area contributed by atoms with Crippen molar-refractivity contribution in [1.29, 1.82) is 0 Å². The van der Waals surface area contributed by atoms with E-state index in [2.05, 4.69) is 0 Å². The average Bonchev–Trinajstić information content (AvgIpc) is 3.06. The van der Waals surface area contributed by atoms with Crippen LogP contribution in [0.25, 0.3) is 0 Å². The zero-order valence-electron chi connectivity index (χ0n) is 9.44. The second kappa shape index (κ2) is 3.92. The molecule has 0 aliphatic carbocycles. The van der Waals surface area contributed by atoms with Crippen LogP contribution in [0.4, 0.5) is 0 Å². The molecular weight excluding hydrogens is 212 g/mol. The molecule has 1 aliphatic rings. The smallest absolute Gasteiger partial charge is 0.291 e. The van der Waals surface area contributed by atoms with Gasteiger partial charge in [0.2, 0.25) is 0 Å².